The zero-order valence-corrected chi connectivity index (χ0v) is 12.7. The molecule has 3 rings (SSSR count). The van der Waals surface area contributed by atoms with Crippen molar-refractivity contribution in [2.75, 3.05) is 7.11 Å². The molecule has 2 aromatic heterocycles. The molecule has 0 radical (unpaired) electrons. The van der Waals surface area contributed by atoms with E-state index in [4.69, 9.17) is 4.74 Å². The third-order valence-electron chi connectivity index (χ3n) is 4.01. The number of hydrogen-bond donors (Lipinski definition) is 0. The van der Waals surface area contributed by atoms with Crippen LogP contribution < -0.4 is 4.74 Å². The molecule has 0 bridgehead atoms. The number of hydrogen-bond acceptors (Lipinski definition) is 1. The smallest absolute Gasteiger partial charge is 0.118 e. The second kappa shape index (κ2) is 5.52. The predicted molar refractivity (Wildman–Crippen MR) is 84.8 cm³/mol. The molecule has 0 aliphatic carbocycles. The summed E-state index contributed by atoms with van der Waals surface area (Å²) in [7, 11) is 5.88. The molecule has 0 unspecified atom stereocenters. The van der Waals surface area contributed by atoms with E-state index in [9.17, 15) is 0 Å². The van der Waals surface area contributed by atoms with Gasteiger partial charge >= 0.3 is 0 Å². The summed E-state index contributed by atoms with van der Waals surface area (Å²) >= 11 is 0. The predicted octanol–water partition coefficient (Wildman–Crippen LogP) is 3.55. The topological polar surface area (TPSA) is 19.1 Å². The van der Waals surface area contributed by atoms with Gasteiger partial charge in [0.25, 0.3) is 0 Å². The number of ether oxygens (including phenoxy) is 1. The van der Waals surface area contributed by atoms with E-state index < -0.39 is 0 Å². The third kappa shape index (κ3) is 2.47. The van der Waals surface area contributed by atoms with Crippen molar-refractivity contribution in [3.8, 4) is 5.75 Å². The Hall–Kier alpha value is -2.42. The molecule has 108 valence electrons. The lowest BCUT2D eigenvalue weighted by atomic mass is 9.92. The zero-order chi connectivity index (χ0) is 14.8. The summed E-state index contributed by atoms with van der Waals surface area (Å²) in [6.45, 7) is 0. The minimum absolute atomic E-state index is 0.218. The van der Waals surface area contributed by atoms with Gasteiger partial charge in [0.15, 0.2) is 0 Å². The fourth-order valence-electron chi connectivity index (χ4n) is 2.84. The van der Waals surface area contributed by atoms with Crippen LogP contribution in [-0.4, -0.2) is 16.2 Å². The molecular formula is C18H20N2O. The fraction of sp³-hybridized carbons (Fsp3) is 0.222. The fourth-order valence-corrected chi connectivity index (χ4v) is 2.84. The molecule has 0 saturated heterocycles. The standard InChI is InChI=1S/C18H20N2O/c1-19-12-4-6-16(19)18(17-7-5-13-20(17)2)14-8-10-15(21-3)11-9-14/h4-13,18H,1-3H3. The molecule has 0 aliphatic rings. The maximum absolute atomic E-state index is 5.27. The number of rotatable bonds is 4. The van der Waals surface area contributed by atoms with Gasteiger partial charge in [-0.05, 0) is 42.0 Å². The molecule has 3 heteroatoms. The summed E-state index contributed by atoms with van der Waals surface area (Å²) in [5, 5.41) is 0. The number of methoxy groups -OCH3 is 1. The highest BCUT2D eigenvalue weighted by molar-refractivity contribution is 5.41. The largest absolute Gasteiger partial charge is 0.497 e. The minimum atomic E-state index is 0.218. The van der Waals surface area contributed by atoms with Crippen LogP contribution in [0.4, 0.5) is 0 Å². The molecule has 21 heavy (non-hydrogen) atoms. The van der Waals surface area contributed by atoms with Gasteiger partial charge in [-0.25, -0.2) is 0 Å². The normalized spacial score (nSPS) is 11.0. The molecule has 0 N–H and O–H groups in total. The average Bonchev–Trinajstić information content (AvgIpc) is 3.10. The summed E-state index contributed by atoms with van der Waals surface area (Å²) < 4.78 is 9.63. The van der Waals surface area contributed by atoms with Crippen LogP contribution in [0.15, 0.2) is 60.9 Å². The van der Waals surface area contributed by atoms with Gasteiger partial charge in [0.05, 0.1) is 13.0 Å². The summed E-state index contributed by atoms with van der Waals surface area (Å²) in [6.07, 6.45) is 4.18. The molecule has 3 aromatic rings. The van der Waals surface area contributed by atoms with E-state index in [0.717, 1.165) is 5.75 Å². The van der Waals surface area contributed by atoms with Gasteiger partial charge in [0.2, 0.25) is 0 Å². The first kappa shape index (κ1) is 13.6. The first-order chi connectivity index (χ1) is 10.2. The van der Waals surface area contributed by atoms with Gasteiger partial charge in [0.1, 0.15) is 5.75 Å². The lowest BCUT2D eigenvalue weighted by molar-refractivity contribution is 0.414. The van der Waals surface area contributed by atoms with E-state index in [1.807, 2.05) is 12.1 Å². The van der Waals surface area contributed by atoms with E-state index in [0.29, 0.717) is 0 Å². The van der Waals surface area contributed by atoms with Crippen LogP contribution in [-0.2, 0) is 14.1 Å². The van der Waals surface area contributed by atoms with Crippen molar-refractivity contribution in [3.63, 3.8) is 0 Å². The lowest BCUT2D eigenvalue weighted by Gasteiger charge is -2.20. The van der Waals surface area contributed by atoms with Crippen LogP contribution >= 0.6 is 0 Å². The van der Waals surface area contributed by atoms with E-state index in [1.54, 1.807) is 7.11 Å². The van der Waals surface area contributed by atoms with Crippen molar-refractivity contribution in [2.45, 2.75) is 5.92 Å². The minimum Gasteiger partial charge on any atom is -0.497 e. The molecule has 0 atom stereocenters. The Kier molecular flexibility index (Phi) is 3.57. The first-order valence-corrected chi connectivity index (χ1v) is 7.07. The first-order valence-electron chi connectivity index (χ1n) is 7.07. The van der Waals surface area contributed by atoms with Gasteiger partial charge < -0.3 is 13.9 Å². The summed E-state index contributed by atoms with van der Waals surface area (Å²) in [6, 6.07) is 16.9. The lowest BCUT2D eigenvalue weighted by Crippen LogP contribution is -2.11. The second-order valence-electron chi connectivity index (χ2n) is 5.29. The van der Waals surface area contributed by atoms with Gasteiger partial charge in [-0.15, -0.1) is 0 Å². The van der Waals surface area contributed by atoms with Crippen LogP contribution in [0.1, 0.15) is 22.9 Å². The molecule has 2 heterocycles. The highest BCUT2D eigenvalue weighted by Gasteiger charge is 2.21. The van der Waals surface area contributed by atoms with Crippen molar-refractivity contribution < 1.29 is 4.74 Å². The van der Waals surface area contributed by atoms with Crippen molar-refractivity contribution in [1.82, 2.24) is 9.13 Å². The molecule has 0 fully saturated rings. The highest BCUT2D eigenvalue weighted by Crippen LogP contribution is 2.32. The molecule has 0 aliphatic heterocycles. The average molecular weight is 280 g/mol. The monoisotopic (exact) mass is 280 g/mol. The SMILES string of the molecule is COc1ccc(C(c2cccn2C)c2cccn2C)cc1. The van der Waals surface area contributed by atoms with Crippen LogP contribution in [0.25, 0.3) is 0 Å². The number of aromatic nitrogens is 2. The maximum Gasteiger partial charge on any atom is 0.118 e. The highest BCUT2D eigenvalue weighted by atomic mass is 16.5. The van der Waals surface area contributed by atoms with Crippen molar-refractivity contribution in [2.24, 2.45) is 14.1 Å². The van der Waals surface area contributed by atoms with Crippen molar-refractivity contribution in [3.05, 3.63) is 77.9 Å². The Labute approximate surface area is 125 Å². The van der Waals surface area contributed by atoms with Crippen LogP contribution in [0, 0.1) is 0 Å². The molecule has 0 amide bonds. The molecule has 0 spiro atoms. The maximum atomic E-state index is 5.27. The summed E-state index contributed by atoms with van der Waals surface area (Å²) in [5.74, 6) is 1.10. The Morgan fingerprint density at radius 1 is 0.810 bits per heavy atom. The summed E-state index contributed by atoms with van der Waals surface area (Å²) in [5.41, 5.74) is 3.82. The van der Waals surface area contributed by atoms with Gasteiger partial charge in [-0.2, -0.15) is 0 Å². The Balaban J connectivity index is 2.12. The third-order valence-corrected chi connectivity index (χ3v) is 4.01. The number of nitrogens with zero attached hydrogens (tertiary/aromatic N) is 2. The Bertz CT molecular complexity index is 682. The summed E-state index contributed by atoms with van der Waals surface area (Å²) in [4.78, 5) is 0. The molecule has 1 aromatic carbocycles. The number of aryl methyl sites for hydroxylation is 2. The van der Waals surface area contributed by atoms with E-state index >= 15 is 0 Å². The molecule has 0 saturated carbocycles. The molecular weight excluding hydrogens is 260 g/mol. The van der Waals surface area contributed by atoms with E-state index in [2.05, 4.69) is 72.0 Å². The zero-order valence-electron chi connectivity index (χ0n) is 12.7. The van der Waals surface area contributed by atoms with Crippen molar-refractivity contribution >= 4 is 0 Å². The van der Waals surface area contributed by atoms with Crippen LogP contribution in [0.5, 0.6) is 5.75 Å². The van der Waals surface area contributed by atoms with Crippen LogP contribution in [0.3, 0.4) is 0 Å². The van der Waals surface area contributed by atoms with Gasteiger partial charge in [-0.1, -0.05) is 12.1 Å². The number of benzene rings is 1. The van der Waals surface area contributed by atoms with E-state index in [-0.39, 0.29) is 5.92 Å². The second-order valence-corrected chi connectivity index (χ2v) is 5.29. The Morgan fingerprint density at radius 3 is 1.71 bits per heavy atom. The van der Waals surface area contributed by atoms with Crippen molar-refractivity contribution in [1.29, 1.82) is 0 Å². The Morgan fingerprint density at radius 2 is 1.33 bits per heavy atom. The van der Waals surface area contributed by atoms with E-state index in [1.165, 1.54) is 17.0 Å². The van der Waals surface area contributed by atoms with Crippen LogP contribution in [0.2, 0.25) is 0 Å². The molecule has 3 nitrogen and oxygen atoms in total. The van der Waals surface area contributed by atoms with Gasteiger partial charge in [0, 0.05) is 37.9 Å². The van der Waals surface area contributed by atoms with Gasteiger partial charge in [-0.3, -0.25) is 0 Å². The quantitative estimate of drug-likeness (QED) is 0.715.